The van der Waals surface area contributed by atoms with Crippen LogP contribution in [0, 0.1) is 15.9 Å². The second-order valence-corrected chi connectivity index (χ2v) is 7.17. The van der Waals surface area contributed by atoms with E-state index in [-0.39, 0.29) is 12.1 Å². The molecule has 1 aromatic rings. The van der Waals surface area contributed by atoms with E-state index in [1.807, 2.05) is 20.8 Å². The van der Waals surface area contributed by atoms with Crippen LogP contribution in [-0.4, -0.2) is 40.6 Å². The Labute approximate surface area is 146 Å². The molecule has 0 aliphatic carbocycles. The number of nitro groups is 1. The molecule has 0 bridgehead atoms. The van der Waals surface area contributed by atoms with Gasteiger partial charge in [-0.3, -0.25) is 10.1 Å². The number of nitro benzene ring substituents is 1. The zero-order chi connectivity index (χ0) is 18.6. The number of likely N-dealkylation sites (tertiary alicyclic amines) is 1. The third-order valence-electron chi connectivity index (χ3n) is 3.95. The predicted molar refractivity (Wildman–Crippen MR) is 90.7 cm³/mol. The van der Waals surface area contributed by atoms with Crippen LogP contribution in [0.25, 0.3) is 0 Å². The first-order valence-corrected chi connectivity index (χ1v) is 8.30. The first kappa shape index (κ1) is 19.1. The van der Waals surface area contributed by atoms with Crippen molar-refractivity contribution in [2.45, 2.75) is 51.8 Å². The van der Waals surface area contributed by atoms with E-state index in [4.69, 9.17) is 4.74 Å². The number of carbonyl (C=O) groups is 1. The topological polar surface area (TPSA) is 84.7 Å². The smallest absolute Gasteiger partial charge is 0.410 e. The van der Waals surface area contributed by atoms with Gasteiger partial charge in [0.15, 0.2) is 0 Å². The highest BCUT2D eigenvalue weighted by Gasteiger charge is 2.26. The fourth-order valence-corrected chi connectivity index (χ4v) is 2.66. The van der Waals surface area contributed by atoms with Gasteiger partial charge >= 0.3 is 11.8 Å². The molecule has 1 amide bonds. The van der Waals surface area contributed by atoms with E-state index in [0.29, 0.717) is 25.2 Å². The molecule has 8 heteroatoms. The molecule has 0 spiro atoms. The third-order valence-corrected chi connectivity index (χ3v) is 3.95. The van der Waals surface area contributed by atoms with Gasteiger partial charge in [0, 0.05) is 31.7 Å². The number of piperidine rings is 1. The Bertz CT molecular complexity index is 637. The summed E-state index contributed by atoms with van der Waals surface area (Å²) in [6, 6.07) is 4.09. The highest BCUT2D eigenvalue weighted by Crippen LogP contribution is 2.19. The number of halogens is 1. The van der Waals surface area contributed by atoms with Crippen molar-refractivity contribution in [3.63, 3.8) is 0 Å². The summed E-state index contributed by atoms with van der Waals surface area (Å²) in [5.74, 6) is -0.834. The van der Waals surface area contributed by atoms with Crippen LogP contribution in [-0.2, 0) is 11.3 Å². The Kier molecular flexibility index (Phi) is 5.94. The maximum Gasteiger partial charge on any atom is 0.410 e. The lowest BCUT2D eigenvalue weighted by Gasteiger charge is -2.33. The summed E-state index contributed by atoms with van der Waals surface area (Å²) in [5.41, 5.74) is -0.370. The lowest BCUT2D eigenvalue weighted by atomic mass is 10.0. The van der Waals surface area contributed by atoms with Gasteiger partial charge in [-0.15, -0.1) is 0 Å². The Hall–Kier alpha value is -2.22. The SMILES string of the molecule is CC(C)(C)OC(=O)N1CCC(NCc2ccc(F)c([N+](=O)[O-])c2)CC1. The van der Waals surface area contributed by atoms with Gasteiger partial charge in [-0.25, -0.2) is 4.79 Å². The fourth-order valence-electron chi connectivity index (χ4n) is 2.66. The van der Waals surface area contributed by atoms with Gasteiger partial charge in [-0.05, 0) is 45.2 Å². The Balaban J connectivity index is 1.82. The minimum Gasteiger partial charge on any atom is -0.444 e. The first-order valence-electron chi connectivity index (χ1n) is 8.30. The van der Waals surface area contributed by atoms with Crippen molar-refractivity contribution in [1.29, 1.82) is 0 Å². The molecular formula is C17H24FN3O4. The zero-order valence-corrected chi connectivity index (χ0v) is 14.8. The normalized spacial score (nSPS) is 15.9. The largest absolute Gasteiger partial charge is 0.444 e. The van der Waals surface area contributed by atoms with E-state index in [9.17, 15) is 19.3 Å². The van der Waals surface area contributed by atoms with Crippen molar-refractivity contribution in [3.05, 3.63) is 39.7 Å². The van der Waals surface area contributed by atoms with Crippen LogP contribution in [0.5, 0.6) is 0 Å². The zero-order valence-electron chi connectivity index (χ0n) is 14.8. The van der Waals surface area contributed by atoms with Gasteiger partial charge in [-0.1, -0.05) is 6.07 Å². The summed E-state index contributed by atoms with van der Waals surface area (Å²) in [5, 5.41) is 14.1. The molecule has 1 saturated heterocycles. The number of hydrogen-bond donors (Lipinski definition) is 1. The van der Waals surface area contributed by atoms with E-state index in [0.717, 1.165) is 18.9 Å². The van der Waals surface area contributed by atoms with Crippen molar-refractivity contribution in [3.8, 4) is 0 Å². The fraction of sp³-hybridized carbons (Fsp3) is 0.588. The number of nitrogens with one attached hydrogen (secondary N) is 1. The van der Waals surface area contributed by atoms with Crippen LogP contribution in [0.3, 0.4) is 0 Å². The number of ether oxygens (including phenoxy) is 1. The summed E-state index contributed by atoms with van der Waals surface area (Å²) >= 11 is 0. The Morgan fingerprint density at radius 2 is 2.04 bits per heavy atom. The second-order valence-electron chi connectivity index (χ2n) is 7.17. The van der Waals surface area contributed by atoms with Crippen molar-refractivity contribution < 1.29 is 18.8 Å². The van der Waals surface area contributed by atoms with E-state index >= 15 is 0 Å². The molecule has 1 heterocycles. The van der Waals surface area contributed by atoms with E-state index in [1.165, 1.54) is 12.1 Å². The lowest BCUT2D eigenvalue weighted by Crippen LogP contribution is -2.46. The van der Waals surface area contributed by atoms with Gasteiger partial charge in [0.2, 0.25) is 5.82 Å². The quantitative estimate of drug-likeness (QED) is 0.663. The number of carbonyl (C=O) groups excluding carboxylic acids is 1. The first-order chi connectivity index (χ1) is 11.7. The molecule has 0 radical (unpaired) electrons. The van der Waals surface area contributed by atoms with Gasteiger partial charge in [-0.2, -0.15) is 4.39 Å². The monoisotopic (exact) mass is 353 g/mol. The molecular weight excluding hydrogens is 329 g/mol. The van der Waals surface area contributed by atoms with Gasteiger partial charge in [0.1, 0.15) is 5.60 Å². The minimum atomic E-state index is -0.834. The number of rotatable bonds is 4. The molecule has 0 atom stereocenters. The van der Waals surface area contributed by atoms with Gasteiger partial charge in [0.25, 0.3) is 0 Å². The minimum absolute atomic E-state index is 0.197. The maximum atomic E-state index is 13.3. The molecule has 0 saturated carbocycles. The molecule has 2 rings (SSSR count). The molecule has 138 valence electrons. The molecule has 1 N–H and O–H groups in total. The Morgan fingerprint density at radius 1 is 1.40 bits per heavy atom. The number of benzene rings is 1. The maximum absolute atomic E-state index is 13.3. The molecule has 7 nitrogen and oxygen atoms in total. The molecule has 25 heavy (non-hydrogen) atoms. The molecule has 0 unspecified atom stereocenters. The second kappa shape index (κ2) is 7.77. The van der Waals surface area contributed by atoms with Crippen molar-refractivity contribution >= 4 is 11.8 Å². The molecule has 1 aliphatic rings. The lowest BCUT2D eigenvalue weighted by molar-refractivity contribution is -0.387. The number of hydrogen-bond acceptors (Lipinski definition) is 5. The molecule has 1 fully saturated rings. The van der Waals surface area contributed by atoms with Crippen LogP contribution in [0.4, 0.5) is 14.9 Å². The van der Waals surface area contributed by atoms with Crippen molar-refractivity contribution in [2.24, 2.45) is 0 Å². The van der Waals surface area contributed by atoms with Gasteiger partial charge < -0.3 is 15.0 Å². The van der Waals surface area contributed by atoms with Crippen LogP contribution < -0.4 is 5.32 Å². The van der Waals surface area contributed by atoms with E-state index in [1.54, 1.807) is 4.90 Å². The summed E-state index contributed by atoms with van der Waals surface area (Å²) < 4.78 is 18.7. The van der Waals surface area contributed by atoms with Gasteiger partial charge in [0.05, 0.1) is 4.92 Å². The summed E-state index contributed by atoms with van der Waals surface area (Å²) in [7, 11) is 0. The standard InChI is InChI=1S/C17H24FN3O4/c1-17(2,3)25-16(22)20-8-6-13(7-9-20)19-11-12-4-5-14(18)15(10-12)21(23)24/h4-5,10,13,19H,6-9,11H2,1-3H3. The van der Waals surface area contributed by atoms with Crippen LogP contribution in [0.2, 0.25) is 0 Å². The summed E-state index contributed by atoms with van der Waals surface area (Å²) in [6.45, 7) is 7.10. The molecule has 0 aromatic heterocycles. The predicted octanol–water partition coefficient (Wildman–Crippen LogP) is 3.22. The number of nitrogens with zero attached hydrogens (tertiary/aromatic N) is 2. The van der Waals surface area contributed by atoms with Crippen molar-refractivity contribution in [1.82, 2.24) is 10.2 Å². The summed E-state index contributed by atoms with van der Waals surface area (Å²) in [6.07, 6.45) is 1.23. The van der Waals surface area contributed by atoms with Crippen LogP contribution in [0.1, 0.15) is 39.2 Å². The van der Waals surface area contributed by atoms with E-state index in [2.05, 4.69) is 5.32 Å². The highest BCUT2D eigenvalue weighted by atomic mass is 19.1. The van der Waals surface area contributed by atoms with E-state index < -0.39 is 22.0 Å². The highest BCUT2D eigenvalue weighted by molar-refractivity contribution is 5.68. The Morgan fingerprint density at radius 3 is 2.60 bits per heavy atom. The number of amides is 1. The molecule has 1 aliphatic heterocycles. The summed E-state index contributed by atoms with van der Waals surface area (Å²) in [4.78, 5) is 23.8. The average Bonchev–Trinajstić information content (AvgIpc) is 2.52. The third kappa shape index (κ3) is 5.67. The van der Waals surface area contributed by atoms with Crippen LogP contribution >= 0.6 is 0 Å². The van der Waals surface area contributed by atoms with Crippen LogP contribution in [0.15, 0.2) is 18.2 Å². The average molecular weight is 353 g/mol. The van der Waals surface area contributed by atoms with Crippen molar-refractivity contribution in [2.75, 3.05) is 13.1 Å². The molecule has 1 aromatic carbocycles.